The zero-order valence-corrected chi connectivity index (χ0v) is 6.57. The van der Waals surface area contributed by atoms with Crippen molar-refractivity contribution in [1.82, 2.24) is 5.43 Å². The number of carbonyl (C=O) groups is 1. The highest BCUT2D eigenvalue weighted by Crippen LogP contribution is 2.00. The summed E-state index contributed by atoms with van der Waals surface area (Å²) >= 11 is 0. The van der Waals surface area contributed by atoms with E-state index in [0.29, 0.717) is 5.71 Å². The maximum Gasteiger partial charge on any atom is 0.332 e. The average Bonchev–Trinajstić information content (AvgIpc) is 2.51. The van der Waals surface area contributed by atoms with Crippen molar-refractivity contribution >= 4 is 11.7 Å². The normalized spacial score (nSPS) is 11.2. The van der Waals surface area contributed by atoms with Gasteiger partial charge >= 0.3 is 6.03 Å². The molecule has 0 saturated heterocycles. The summed E-state index contributed by atoms with van der Waals surface area (Å²) in [6.07, 6.45) is 3.06. The first kappa shape index (κ1) is 8.32. The molecule has 0 bridgehead atoms. The first-order chi connectivity index (χ1) is 5.70. The van der Waals surface area contributed by atoms with Crippen molar-refractivity contribution in [3.63, 3.8) is 0 Å². The molecule has 5 nitrogen and oxygen atoms in total. The van der Waals surface area contributed by atoms with Crippen molar-refractivity contribution in [2.45, 2.75) is 6.92 Å². The molecule has 0 radical (unpaired) electrons. The third kappa shape index (κ3) is 2.12. The van der Waals surface area contributed by atoms with Gasteiger partial charge < -0.3 is 10.2 Å². The fourth-order valence-electron chi connectivity index (χ4n) is 0.674. The Morgan fingerprint density at radius 2 is 2.50 bits per heavy atom. The summed E-state index contributed by atoms with van der Waals surface area (Å²) in [6, 6.07) is 1.06. The van der Waals surface area contributed by atoms with Crippen molar-refractivity contribution in [1.29, 1.82) is 0 Å². The molecule has 3 N–H and O–H groups in total. The predicted molar refractivity (Wildman–Crippen MR) is 43.6 cm³/mol. The van der Waals surface area contributed by atoms with Gasteiger partial charge in [0.2, 0.25) is 0 Å². The van der Waals surface area contributed by atoms with E-state index in [2.05, 4.69) is 10.5 Å². The van der Waals surface area contributed by atoms with Crippen LogP contribution in [0.5, 0.6) is 0 Å². The Labute approximate surface area is 69.2 Å². The van der Waals surface area contributed by atoms with E-state index in [0.717, 1.165) is 5.56 Å². The number of furan rings is 1. The van der Waals surface area contributed by atoms with Crippen molar-refractivity contribution in [2.75, 3.05) is 0 Å². The smallest absolute Gasteiger partial charge is 0.332 e. The molecule has 0 fully saturated rings. The van der Waals surface area contributed by atoms with E-state index >= 15 is 0 Å². The molecule has 1 rings (SSSR count). The largest absolute Gasteiger partial charge is 0.472 e. The third-order valence-electron chi connectivity index (χ3n) is 1.27. The Morgan fingerprint density at radius 3 is 3.00 bits per heavy atom. The van der Waals surface area contributed by atoms with E-state index in [-0.39, 0.29) is 0 Å². The minimum absolute atomic E-state index is 0.641. The van der Waals surface area contributed by atoms with Crippen LogP contribution in [0.2, 0.25) is 0 Å². The van der Waals surface area contributed by atoms with Gasteiger partial charge in [-0.25, -0.2) is 10.2 Å². The number of urea groups is 1. The molecule has 2 amide bonds. The number of nitrogens with one attached hydrogen (secondary N) is 1. The molecule has 0 aliphatic heterocycles. The second-order valence-corrected chi connectivity index (χ2v) is 2.19. The van der Waals surface area contributed by atoms with E-state index in [1.54, 1.807) is 13.0 Å². The van der Waals surface area contributed by atoms with Crippen LogP contribution in [0.1, 0.15) is 12.5 Å². The van der Waals surface area contributed by atoms with Crippen LogP contribution < -0.4 is 11.2 Å². The lowest BCUT2D eigenvalue weighted by molar-refractivity contribution is 0.249. The Kier molecular flexibility index (Phi) is 2.47. The minimum atomic E-state index is -0.683. The SMILES string of the molecule is C/C(=N/NC(N)=O)c1ccoc1. The van der Waals surface area contributed by atoms with Crippen molar-refractivity contribution in [3.8, 4) is 0 Å². The number of amides is 2. The lowest BCUT2D eigenvalue weighted by atomic mass is 10.2. The zero-order valence-electron chi connectivity index (χ0n) is 6.57. The van der Waals surface area contributed by atoms with Gasteiger partial charge in [0, 0.05) is 5.56 Å². The van der Waals surface area contributed by atoms with Crippen LogP contribution in [-0.4, -0.2) is 11.7 Å². The van der Waals surface area contributed by atoms with E-state index in [1.165, 1.54) is 12.5 Å². The Balaban J connectivity index is 2.65. The number of hydrogen-bond acceptors (Lipinski definition) is 3. The summed E-state index contributed by atoms with van der Waals surface area (Å²) < 4.78 is 4.82. The van der Waals surface area contributed by atoms with Gasteiger partial charge in [0.25, 0.3) is 0 Å². The zero-order chi connectivity index (χ0) is 8.97. The Hall–Kier alpha value is -1.78. The molecule has 0 atom stereocenters. The first-order valence-corrected chi connectivity index (χ1v) is 3.32. The van der Waals surface area contributed by atoms with Gasteiger partial charge in [-0.3, -0.25) is 0 Å². The number of nitrogens with two attached hydrogens (primary N) is 1. The average molecular weight is 167 g/mol. The standard InChI is InChI=1S/C7H9N3O2/c1-5(9-10-7(8)11)6-2-3-12-4-6/h2-4H,1H3,(H3,8,10,11)/b9-5-. The topological polar surface area (TPSA) is 80.6 Å². The molecule has 1 aromatic heterocycles. The monoisotopic (exact) mass is 167 g/mol. The minimum Gasteiger partial charge on any atom is -0.472 e. The van der Waals surface area contributed by atoms with E-state index < -0.39 is 6.03 Å². The molecule has 0 saturated carbocycles. The molecule has 0 unspecified atom stereocenters. The van der Waals surface area contributed by atoms with Gasteiger partial charge in [-0.1, -0.05) is 0 Å². The molecule has 1 aromatic rings. The second kappa shape index (κ2) is 3.56. The highest BCUT2D eigenvalue weighted by Gasteiger charge is 1.97. The van der Waals surface area contributed by atoms with Crippen LogP contribution in [-0.2, 0) is 0 Å². The van der Waals surface area contributed by atoms with Gasteiger partial charge in [-0.05, 0) is 13.0 Å². The second-order valence-electron chi connectivity index (χ2n) is 2.19. The lowest BCUT2D eigenvalue weighted by Crippen LogP contribution is -2.25. The van der Waals surface area contributed by atoms with Gasteiger partial charge in [0.15, 0.2) is 0 Å². The van der Waals surface area contributed by atoms with Gasteiger partial charge in [-0.15, -0.1) is 0 Å². The fraction of sp³-hybridized carbons (Fsp3) is 0.143. The van der Waals surface area contributed by atoms with Crippen molar-refractivity contribution in [2.24, 2.45) is 10.8 Å². The van der Waals surface area contributed by atoms with Crippen LogP contribution in [0.25, 0.3) is 0 Å². The van der Waals surface area contributed by atoms with Crippen LogP contribution in [0.4, 0.5) is 4.79 Å². The molecule has 5 heteroatoms. The highest BCUT2D eigenvalue weighted by molar-refractivity contribution is 5.98. The lowest BCUT2D eigenvalue weighted by Gasteiger charge is -1.94. The van der Waals surface area contributed by atoms with E-state index in [9.17, 15) is 4.79 Å². The number of rotatable bonds is 2. The van der Waals surface area contributed by atoms with Crippen LogP contribution in [0, 0.1) is 0 Å². The molecule has 64 valence electrons. The van der Waals surface area contributed by atoms with Crippen molar-refractivity contribution < 1.29 is 9.21 Å². The van der Waals surface area contributed by atoms with E-state index in [4.69, 9.17) is 10.2 Å². The summed E-state index contributed by atoms with van der Waals surface area (Å²) in [7, 11) is 0. The quantitative estimate of drug-likeness (QED) is 0.501. The molecular weight excluding hydrogens is 158 g/mol. The van der Waals surface area contributed by atoms with Crippen molar-refractivity contribution in [3.05, 3.63) is 24.2 Å². The van der Waals surface area contributed by atoms with E-state index in [1.807, 2.05) is 0 Å². The van der Waals surface area contributed by atoms with Gasteiger partial charge in [-0.2, -0.15) is 5.10 Å². The predicted octanol–water partition coefficient (Wildman–Crippen LogP) is 0.672. The highest BCUT2D eigenvalue weighted by atomic mass is 16.3. The maximum absolute atomic E-state index is 10.3. The summed E-state index contributed by atoms with van der Waals surface area (Å²) in [4.78, 5) is 10.3. The van der Waals surface area contributed by atoms with Crippen LogP contribution >= 0.6 is 0 Å². The summed E-state index contributed by atoms with van der Waals surface area (Å²) in [5.74, 6) is 0. The third-order valence-corrected chi connectivity index (χ3v) is 1.27. The van der Waals surface area contributed by atoms with Crippen LogP contribution in [0.15, 0.2) is 28.1 Å². The Bertz CT molecular complexity index is 290. The summed E-state index contributed by atoms with van der Waals surface area (Å²) in [5.41, 5.74) is 8.38. The number of primary amides is 1. The first-order valence-electron chi connectivity index (χ1n) is 3.32. The number of hydrogen-bond donors (Lipinski definition) is 2. The molecule has 0 spiro atoms. The molecule has 0 aliphatic rings. The summed E-state index contributed by atoms with van der Waals surface area (Å²) in [5, 5.41) is 3.70. The number of hydrazone groups is 1. The molecule has 12 heavy (non-hydrogen) atoms. The van der Waals surface area contributed by atoms with Gasteiger partial charge in [0.05, 0.1) is 18.2 Å². The van der Waals surface area contributed by atoms with Gasteiger partial charge in [0.1, 0.15) is 0 Å². The number of nitrogens with zero attached hydrogens (tertiary/aromatic N) is 1. The summed E-state index contributed by atoms with van der Waals surface area (Å²) in [6.45, 7) is 1.74. The molecule has 1 heterocycles. The van der Waals surface area contributed by atoms with Crippen LogP contribution in [0.3, 0.4) is 0 Å². The fourth-order valence-corrected chi connectivity index (χ4v) is 0.674. The maximum atomic E-state index is 10.3. The molecule has 0 aromatic carbocycles. The molecular formula is C7H9N3O2. The molecule has 0 aliphatic carbocycles. The number of carbonyl (C=O) groups excluding carboxylic acids is 1. The Morgan fingerprint density at radius 1 is 1.75 bits per heavy atom.